The number of urea groups is 1. The Bertz CT molecular complexity index is 1320. The molecule has 2 aromatic heterocycles. The van der Waals surface area contributed by atoms with Crippen molar-refractivity contribution in [1.29, 1.82) is 0 Å². The SMILES string of the molecule is [2H]C([2H])([2H])NC(=O)c1nnc(NC(=O)N(C)CC(=C)C)cc1Nc1cccc(-c2ncn(C)n2)c1OC. The van der Waals surface area contributed by atoms with Gasteiger partial charge in [-0.05, 0) is 19.1 Å². The lowest BCUT2D eigenvalue weighted by molar-refractivity contribution is 0.0958. The molecule has 0 fully saturated rings. The smallest absolute Gasteiger partial charge is 0.323 e. The molecule has 12 heteroatoms. The number of ether oxygens (including phenoxy) is 1. The average molecular weight is 469 g/mol. The summed E-state index contributed by atoms with van der Waals surface area (Å²) in [6.45, 7) is 3.12. The second kappa shape index (κ2) is 10.4. The molecule has 34 heavy (non-hydrogen) atoms. The molecule has 0 spiro atoms. The van der Waals surface area contributed by atoms with Gasteiger partial charge in [-0.15, -0.1) is 10.2 Å². The van der Waals surface area contributed by atoms with E-state index in [4.69, 9.17) is 8.85 Å². The normalized spacial score (nSPS) is 12.1. The van der Waals surface area contributed by atoms with Crippen molar-refractivity contribution < 1.29 is 18.4 Å². The number of carbonyl (C=O) groups is 2. The summed E-state index contributed by atoms with van der Waals surface area (Å²) in [5, 5.41) is 19.6. The Kier molecular flexibility index (Phi) is 6.18. The monoisotopic (exact) mass is 468 g/mol. The van der Waals surface area contributed by atoms with Crippen LogP contribution in [0.1, 0.15) is 21.5 Å². The Balaban J connectivity index is 2.02. The van der Waals surface area contributed by atoms with Gasteiger partial charge in [0.1, 0.15) is 6.33 Å². The molecule has 3 aromatic rings. The molecule has 0 unspecified atom stereocenters. The first-order valence-corrected chi connectivity index (χ1v) is 10.0. The number of methoxy groups -OCH3 is 1. The lowest BCUT2D eigenvalue weighted by Gasteiger charge is -2.18. The van der Waals surface area contributed by atoms with Gasteiger partial charge in [0.25, 0.3) is 5.91 Å². The molecule has 0 aliphatic carbocycles. The quantitative estimate of drug-likeness (QED) is 0.428. The van der Waals surface area contributed by atoms with Gasteiger partial charge >= 0.3 is 6.03 Å². The number of likely N-dealkylation sites (N-methyl/N-ethyl adjacent to an activating group) is 1. The number of para-hydroxylation sites is 1. The predicted molar refractivity (Wildman–Crippen MR) is 128 cm³/mol. The first kappa shape index (κ1) is 20.1. The number of anilines is 3. The molecule has 1 aromatic carbocycles. The maximum atomic E-state index is 12.7. The Morgan fingerprint density at radius 1 is 1.29 bits per heavy atom. The molecule has 3 N–H and O–H groups in total. The number of hydrogen-bond donors (Lipinski definition) is 3. The van der Waals surface area contributed by atoms with Gasteiger partial charge in [0, 0.05) is 37.8 Å². The van der Waals surface area contributed by atoms with Crippen molar-refractivity contribution in [2.45, 2.75) is 6.92 Å². The lowest BCUT2D eigenvalue weighted by atomic mass is 10.1. The molecular formula is C22H27N9O3. The van der Waals surface area contributed by atoms with E-state index in [-0.39, 0.29) is 17.2 Å². The molecule has 178 valence electrons. The van der Waals surface area contributed by atoms with Gasteiger partial charge in [0.15, 0.2) is 23.1 Å². The summed E-state index contributed by atoms with van der Waals surface area (Å²) in [6, 6.07) is 6.04. The Morgan fingerprint density at radius 3 is 2.74 bits per heavy atom. The molecule has 0 aliphatic heterocycles. The zero-order chi connectivity index (χ0) is 27.3. The van der Waals surface area contributed by atoms with Crippen LogP contribution in [0.5, 0.6) is 5.75 Å². The number of carbonyl (C=O) groups excluding carboxylic acids is 2. The van der Waals surface area contributed by atoms with E-state index in [1.54, 1.807) is 50.2 Å². The number of benzene rings is 1. The third-order valence-electron chi connectivity index (χ3n) is 4.54. The number of aromatic nitrogens is 5. The van der Waals surface area contributed by atoms with Gasteiger partial charge in [-0.3, -0.25) is 14.8 Å². The van der Waals surface area contributed by atoms with E-state index in [0.29, 0.717) is 29.4 Å². The first-order chi connectivity index (χ1) is 17.4. The van der Waals surface area contributed by atoms with E-state index in [0.717, 1.165) is 5.57 Å². The van der Waals surface area contributed by atoms with E-state index >= 15 is 0 Å². The summed E-state index contributed by atoms with van der Waals surface area (Å²) >= 11 is 0. The Morgan fingerprint density at radius 2 is 2.09 bits per heavy atom. The number of rotatable bonds is 8. The molecule has 0 radical (unpaired) electrons. The van der Waals surface area contributed by atoms with Crippen LogP contribution in [-0.2, 0) is 7.05 Å². The van der Waals surface area contributed by atoms with E-state index in [1.807, 2.05) is 5.32 Å². The Hall–Kier alpha value is -4.48. The number of hydrogen-bond acceptors (Lipinski definition) is 8. The Labute approximate surface area is 201 Å². The van der Waals surface area contributed by atoms with Crippen LogP contribution in [0.2, 0.25) is 0 Å². The molecule has 0 saturated heterocycles. The molecular weight excluding hydrogens is 438 g/mol. The summed E-state index contributed by atoms with van der Waals surface area (Å²) in [5.74, 6) is -0.203. The van der Waals surface area contributed by atoms with Crippen LogP contribution in [0.3, 0.4) is 0 Å². The van der Waals surface area contributed by atoms with Gasteiger partial charge in [0.2, 0.25) is 0 Å². The molecule has 0 atom stereocenters. The highest BCUT2D eigenvalue weighted by Gasteiger charge is 2.20. The summed E-state index contributed by atoms with van der Waals surface area (Å²) < 4.78 is 29.2. The van der Waals surface area contributed by atoms with Crippen LogP contribution in [-0.4, -0.2) is 69.5 Å². The molecule has 3 rings (SSSR count). The lowest BCUT2D eigenvalue weighted by Crippen LogP contribution is -2.33. The van der Waals surface area contributed by atoms with Crippen LogP contribution < -0.4 is 20.7 Å². The molecule has 0 saturated carbocycles. The van der Waals surface area contributed by atoms with Crippen LogP contribution in [0.25, 0.3) is 11.4 Å². The highest BCUT2D eigenvalue weighted by Crippen LogP contribution is 2.37. The van der Waals surface area contributed by atoms with E-state index in [9.17, 15) is 9.59 Å². The summed E-state index contributed by atoms with van der Waals surface area (Å²) in [5.41, 5.74) is 1.50. The third-order valence-corrected chi connectivity index (χ3v) is 4.54. The van der Waals surface area contributed by atoms with Gasteiger partial charge in [0.05, 0.1) is 24.0 Å². The number of nitrogens with one attached hydrogen (secondary N) is 3. The summed E-state index contributed by atoms with van der Waals surface area (Å²) in [6.07, 6.45) is 1.54. The van der Waals surface area contributed by atoms with Crippen LogP contribution in [0, 0.1) is 0 Å². The highest BCUT2D eigenvalue weighted by atomic mass is 16.5. The minimum atomic E-state index is -2.75. The zero-order valence-electron chi connectivity index (χ0n) is 22.2. The van der Waals surface area contributed by atoms with Gasteiger partial charge < -0.3 is 20.3 Å². The van der Waals surface area contributed by atoms with Gasteiger partial charge in [-0.2, -0.15) is 5.10 Å². The van der Waals surface area contributed by atoms with Crippen molar-refractivity contribution in [2.75, 3.05) is 38.3 Å². The zero-order valence-corrected chi connectivity index (χ0v) is 19.2. The number of amides is 3. The van der Waals surface area contributed by atoms with Crippen molar-refractivity contribution in [1.82, 2.24) is 35.2 Å². The van der Waals surface area contributed by atoms with Crippen molar-refractivity contribution >= 4 is 29.1 Å². The van der Waals surface area contributed by atoms with E-state index in [1.165, 1.54) is 18.1 Å². The third kappa shape index (κ3) is 5.46. The first-order valence-electron chi connectivity index (χ1n) is 11.5. The van der Waals surface area contributed by atoms with Crippen LogP contribution in [0.15, 0.2) is 42.7 Å². The maximum absolute atomic E-state index is 12.7. The van der Waals surface area contributed by atoms with Crippen molar-refractivity contribution in [3.05, 3.63) is 48.4 Å². The largest absolute Gasteiger partial charge is 0.494 e. The molecule has 0 aliphatic rings. The van der Waals surface area contributed by atoms with E-state index in [2.05, 4.69) is 37.5 Å². The van der Waals surface area contributed by atoms with Crippen LogP contribution >= 0.6 is 0 Å². The van der Waals surface area contributed by atoms with Crippen molar-refractivity contribution in [3.8, 4) is 17.1 Å². The highest BCUT2D eigenvalue weighted by molar-refractivity contribution is 5.99. The fourth-order valence-corrected chi connectivity index (χ4v) is 3.10. The van der Waals surface area contributed by atoms with E-state index < -0.39 is 18.9 Å². The topological polar surface area (TPSA) is 139 Å². The molecule has 0 bridgehead atoms. The van der Waals surface area contributed by atoms with Crippen molar-refractivity contribution in [3.63, 3.8) is 0 Å². The average Bonchev–Trinajstić information content (AvgIpc) is 3.23. The molecule has 12 nitrogen and oxygen atoms in total. The predicted octanol–water partition coefficient (Wildman–Crippen LogP) is 2.42. The van der Waals surface area contributed by atoms with Gasteiger partial charge in [-0.25, -0.2) is 9.78 Å². The van der Waals surface area contributed by atoms with Crippen molar-refractivity contribution in [2.24, 2.45) is 7.05 Å². The second-order valence-electron chi connectivity index (χ2n) is 7.44. The van der Waals surface area contributed by atoms with Crippen LogP contribution in [0.4, 0.5) is 22.0 Å². The number of nitrogens with zero attached hydrogens (tertiary/aromatic N) is 6. The number of aryl methyl sites for hydroxylation is 1. The summed E-state index contributed by atoms with van der Waals surface area (Å²) in [7, 11) is 4.77. The fraction of sp³-hybridized carbons (Fsp3) is 0.273. The minimum Gasteiger partial charge on any atom is -0.494 e. The standard InChI is InChI=1S/C22H27N9O3/c1-13(2)11-30(4)22(33)26-17-10-16(18(28-27-17)21(32)23-3)25-15-9-7-8-14(19(15)34-6)20-24-12-31(5)29-20/h7-10,12H,1,11H2,2-6H3,(H,23,32)(H2,25,26,27,33)/i3D3. The maximum Gasteiger partial charge on any atom is 0.323 e. The van der Waals surface area contributed by atoms with Gasteiger partial charge in [-0.1, -0.05) is 18.2 Å². The molecule has 3 amide bonds. The second-order valence-corrected chi connectivity index (χ2v) is 7.44. The molecule has 2 heterocycles. The fourth-order valence-electron chi connectivity index (χ4n) is 3.10. The minimum absolute atomic E-state index is 0.0213. The summed E-state index contributed by atoms with van der Waals surface area (Å²) in [4.78, 5) is 30.9.